The highest BCUT2D eigenvalue weighted by atomic mass is 32.2. The average molecular weight is 433 g/mol. The van der Waals surface area contributed by atoms with Crippen LogP contribution in [0.2, 0.25) is 0 Å². The Morgan fingerprint density at radius 1 is 1.10 bits per heavy atom. The van der Waals surface area contributed by atoms with Crippen molar-refractivity contribution in [1.29, 1.82) is 0 Å². The molecule has 6 heteroatoms. The van der Waals surface area contributed by atoms with Gasteiger partial charge in [-0.3, -0.25) is 4.79 Å². The molecule has 1 aliphatic rings. The average Bonchev–Trinajstić information content (AvgIpc) is 2.81. The van der Waals surface area contributed by atoms with Crippen LogP contribution in [0.25, 0.3) is 11.1 Å². The van der Waals surface area contributed by atoms with Crippen LogP contribution >= 0.6 is 11.8 Å². The van der Waals surface area contributed by atoms with Crippen LogP contribution < -0.4 is 5.32 Å². The number of amides is 1. The first-order valence-electron chi connectivity index (χ1n) is 10.6. The predicted molar refractivity (Wildman–Crippen MR) is 128 cm³/mol. The SMILES string of the molecule is CSc1cnc(NC2CCCN(C(=O)c3c(-c4ccccc4)ccc(C)c3C)C2)nc1. The summed E-state index contributed by atoms with van der Waals surface area (Å²) in [5, 5.41) is 3.42. The largest absolute Gasteiger partial charge is 0.350 e. The van der Waals surface area contributed by atoms with Crippen molar-refractivity contribution in [2.75, 3.05) is 24.7 Å². The number of nitrogens with one attached hydrogen (secondary N) is 1. The number of hydrogen-bond donors (Lipinski definition) is 1. The summed E-state index contributed by atoms with van der Waals surface area (Å²) in [7, 11) is 0. The second-order valence-corrected chi connectivity index (χ2v) is 8.86. The van der Waals surface area contributed by atoms with Crippen LogP contribution in [0.3, 0.4) is 0 Å². The molecule has 1 N–H and O–H groups in total. The molecule has 4 rings (SSSR count). The molecule has 0 saturated carbocycles. The molecule has 2 aromatic carbocycles. The van der Waals surface area contributed by atoms with Crippen LogP contribution in [0.5, 0.6) is 0 Å². The smallest absolute Gasteiger partial charge is 0.254 e. The molecule has 1 saturated heterocycles. The Bertz CT molecular complexity index is 1050. The van der Waals surface area contributed by atoms with E-state index >= 15 is 0 Å². The number of carbonyl (C=O) groups excluding carboxylic acids is 1. The summed E-state index contributed by atoms with van der Waals surface area (Å²) in [5.41, 5.74) is 5.07. The lowest BCUT2D eigenvalue weighted by Crippen LogP contribution is -2.45. The molecule has 1 aliphatic heterocycles. The summed E-state index contributed by atoms with van der Waals surface area (Å²) >= 11 is 1.62. The molecule has 31 heavy (non-hydrogen) atoms. The third-order valence-electron chi connectivity index (χ3n) is 5.94. The van der Waals surface area contributed by atoms with Gasteiger partial charge in [0, 0.05) is 36.4 Å². The van der Waals surface area contributed by atoms with E-state index in [2.05, 4.69) is 53.4 Å². The Morgan fingerprint density at radius 3 is 2.55 bits per heavy atom. The van der Waals surface area contributed by atoms with Gasteiger partial charge in [0.1, 0.15) is 0 Å². The van der Waals surface area contributed by atoms with Gasteiger partial charge >= 0.3 is 0 Å². The summed E-state index contributed by atoms with van der Waals surface area (Å²) in [6, 6.07) is 14.5. The van der Waals surface area contributed by atoms with Crippen molar-refractivity contribution in [1.82, 2.24) is 14.9 Å². The van der Waals surface area contributed by atoms with E-state index in [1.165, 1.54) is 0 Å². The first-order valence-corrected chi connectivity index (χ1v) is 11.9. The molecule has 1 atom stereocenters. The summed E-state index contributed by atoms with van der Waals surface area (Å²) in [6.07, 6.45) is 7.61. The Kier molecular flexibility index (Phi) is 6.56. The van der Waals surface area contributed by atoms with Gasteiger partial charge < -0.3 is 10.2 Å². The number of nitrogens with zero attached hydrogens (tertiary/aromatic N) is 3. The van der Waals surface area contributed by atoms with Gasteiger partial charge in [0.25, 0.3) is 5.91 Å². The maximum atomic E-state index is 13.7. The summed E-state index contributed by atoms with van der Waals surface area (Å²) in [5.74, 6) is 0.721. The molecule has 0 spiro atoms. The number of piperidine rings is 1. The van der Waals surface area contributed by atoms with E-state index in [0.29, 0.717) is 12.5 Å². The van der Waals surface area contributed by atoms with Gasteiger partial charge in [0.2, 0.25) is 5.95 Å². The number of likely N-dealkylation sites (tertiary alicyclic amines) is 1. The molecule has 1 aromatic heterocycles. The van der Waals surface area contributed by atoms with Crippen LogP contribution in [-0.2, 0) is 0 Å². The molecule has 1 amide bonds. The first kappa shape index (κ1) is 21.4. The number of benzene rings is 2. The van der Waals surface area contributed by atoms with E-state index in [0.717, 1.165) is 52.1 Å². The van der Waals surface area contributed by atoms with E-state index in [1.54, 1.807) is 11.8 Å². The highest BCUT2D eigenvalue weighted by Crippen LogP contribution is 2.30. The normalized spacial score (nSPS) is 16.2. The summed E-state index contributed by atoms with van der Waals surface area (Å²) in [4.78, 5) is 25.5. The molecule has 5 nitrogen and oxygen atoms in total. The molecule has 0 radical (unpaired) electrons. The second-order valence-electron chi connectivity index (χ2n) is 7.98. The summed E-state index contributed by atoms with van der Waals surface area (Å²) < 4.78 is 0. The minimum atomic E-state index is 0.102. The van der Waals surface area contributed by atoms with Crippen molar-refractivity contribution in [3.63, 3.8) is 0 Å². The van der Waals surface area contributed by atoms with E-state index in [1.807, 2.05) is 41.7 Å². The van der Waals surface area contributed by atoms with E-state index in [4.69, 9.17) is 0 Å². The van der Waals surface area contributed by atoms with E-state index in [9.17, 15) is 4.79 Å². The van der Waals surface area contributed by atoms with Gasteiger partial charge in [0.05, 0.1) is 5.56 Å². The Morgan fingerprint density at radius 2 is 1.84 bits per heavy atom. The summed E-state index contributed by atoms with van der Waals surface area (Å²) in [6.45, 7) is 5.53. The number of aromatic nitrogens is 2. The molecular weight excluding hydrogens is 404 g/mol. The lowest BCUT2D eigenvalue weighted by atomic mass is 9.91. The third-order valence-corrected chi connectivity index (χ3v) is 6.62. The Balaban J connectivity index is 1.57. The van der Waals surface area contributed by atoms with Crippen molar-refractivity contribution in [2.45, 2.75) is 37.6 Å². The molecule has 2 heterocycles. The maximum Gasteiger partial charge on any atom is 0.254 e. The molecule has 1 unspecified atom stereocenters. The van der Waals surface area contributed by atoms with E-state index in [-0.39, 0.29) is 11.9 Å². The van der Waals surface area contributed by atoms with Gasteiger partial charge in [0.15, 0.2) is 0 Å². The monoisotopic (exact) mass is 432 g/mol. The van der Waals surface area contributed by atoms with Crippen molar-refractivity contribution < 1.29 is 4.79 Å². The number of rotatable bonds is 5. The highest BCUT2D eigenvalue weighted by molar-refractivity contribution is 7.98. The van der Waals surface area contributed by atoms with E-state index < -0.39 is 0 Å². The maximum absolute atomic E-state index is 13.7. The topological polar surface area (TPSA) is 58.1 Å². The first-order chi connectivity index (χ1) is 15.1. The fourth-order valence-electron chi connectivity index (χ4n) is 4.07. The molecule has 0 aliphatic carbocycles. The molecule has 1 fully saturated rings. The fourth-order valence-corrected chi connectivity index (χ4v) is 4.38. The Hall–Kier alpha value is -2.86. The molecular formula is C25H28N4OS. The number of thioether (sulfide) groups is 1. The second kappa shape index (κ2) is 9.52. The third kappa shape index (κ3) is 4.74. The van der Waals surface area contributed by atoms with Crippen LogP contribution in [0, 0.1) is 13.8 Å². The number of hydrogen-bond acceptors (Lipinski definition) is 5. The van der Waals surface area contributed by atoms with Gasteiger partial charge in [-0.15, -0.1) is 11.8 Å². The number of carbonyl (C=O) groups is 1. The molecule has 160 valence electrons. The lowest BCUT2D eigenvalue weighted by molar-refractivity contribution is 0.0714. The van der Waals surface area contributed by atoms with Crippen LogP contribution in [0.4, 0.5) is 5.95 Å². The number of aryl methyl sites for hydroxylation is 1. The van der Waals surface area contributed by atoms with Crippen molar-refractivity contribution >= 4 is 23.6 Å². The fraction of sp³-hybridized carbons (Fsp3) is 0.320. The quantitative estimate of drug-likeness (QED) is 0.562. The Labute approximate surface area is 188 Å². The van der Waals surface area contributed by atoms with Crippen LogP contribution in [0.1, 0.15) is 34.3 Å². The lowest BCUT2D eigenvalue weighted by Gasteiger charge is -2.34. The van der Waals surface area contributed by atoms with Crippen molar-refractivity contribution in [3.05, 3.63) is 71.5 Å². The zero-order valence-corrected chi connectivity index (χ0v) is 19.1. The zero-order chi connectivity index (χ0) is 21.8. The molecule has 0 bridgehead atoms. The molecule has 3 aromatic rings. The van der Waals surface area contributed by atoms with Gasteiger partial charge in [-0.25, -0.2) is 9.97 Å². The number of anilines is 1. The predicted octanol–water partition coefficient (Wildman–Crippen LogP) is 5.20. The van der Waals surface area contributed by atoms with Gasteiger partial charge in [-0.1, -0.05) is 42.5 Å². The van der Waals surface area contributed by atoms with Gasteiger partial charge in [-0.05, 0) is 55.2 Å². The van der Waals surface area contributed by atoms with Gasteiger partial charge in [-0.2, -0.15) is 0 Å². The van der Waals surface area contributed by atoms with Crippen molar-refractivity contribution in [3.8, 4) is 11.1 Å². The minimum absolute atomic E-state index is 0.102. The standard InChI is InChI=1S/C25H28N4OS/c1-17-11-12-22(19-8-5-4-6-9-19)23(18(17)2)24(30)29-13-7-10-20(16-29)28-25-26-14-21(31-3)15-27-25/h4-6,8-9,11-12,14-15,20H,7,10,13,16H2,1-3H3,(H,26,27,28). The van der Waals surface area contributed by atoms with Crippen LogP contribution in [0.15, 0.2) is 59.8 Å². The van der Waals surface area contributed by atoms with Crippen LogP contribution in [-0.4, -0.2) is 46.2 Å². The van der Waals surface area contributed by atoms with Crippen molar-refractivity contribution in [2.24, 2.45) is 0 Å². The highest BCUT2D eigenvalue weighted by Gasteiger charge is 2.28. The zero-order valence-electron chi connectivity index (χ0n) is 18.3. The minimum Gasteiger partial charge on any atom is -0.350 e.